The van der Waals surface area contributed by atoms with Gasteiger partial charge in [-0.25, -0.2) is 0 Å². The van der Waals surface area contributed by atoms with E-state index < -0.39 is 0 Å². The maximum Gasteiger partial charge on any atom is 0.254 e. The number of carbonyl (C=O) groups excluding carboxylic acids is 1. The molecule has 1 aromatic rings. The van der Waals surface area contributed by atoms with Gasteiger partial charge in [0.05, 0.1) is 6.04 Å². The van der Waals surface area contributed by atoms with Crippen LogP contribution in [0, 0.1) is 6.92 Å². The highest BCUT2D eigenvalue weighted by Crippen LogP contribution is 2.22. The molecule has 5 nitrogen and oxygen atoms in total. The first-order chi connectivity index (χ1) is 9.54. The Labute approximate surface area is 123 Å². The molecular formula is C14H18ClN3O2. The first-order valence-corrected chi connectivity index (χ1v) is 6.97. The summed E-state index contributed by atoms with van der Waals surface area (Å²) >= 11 is 6.06. The normalized spacial score (nSPS) is 20.0. The van der Waals surface area contributed by atoms with Gasteiger partial charge in [-0.3, -0.25) is 4.79 Å². The standard InChI is InChI=1S/C14H18ClN3O2/c1-9-5-6-10(8-11(9)15)14(19)18-7-3-2-4-12(18)13(16)17-20/h5-6,8,12,20H,2-4,7H2,1H3,(H2,16,17). The number of halogens is 1. The minimum absolute atomic E-state index is 0.0799. The fraction of sp³-hybridized carbons (Fsp3) is 0.429. The number of nitrogens with two attached hydrogens (primary N) is 1. The molecular weight excluding hydrogens is 278 g/mol. The number of hydrogen-bond acceptors (Lipinski definition) is 3. The van der Waals surface area contributed by atoms with Crippen molar-refractivity contribution in [3.63, 3.8) is 0 Å². The first-order valence-electron chi connectivity index (χ1n) is 6.59. The highest BCUT2D eigenvalue weighted by Gasteiger charge is 2.30. The van der Waals surface area contributed by atoms with Gasteiger partial charge in [-0.1, -0.05) is 22.8 Å². The zero-order valence-electron chi connectivity index (χ0n) is 11.3. The SMILES string of the molecule is Cc1ccc(C(=O)N2CCCCC2C(N)=NO)cc1Cl. The van der Waals surface area contributed by atoms with Crippen LogP contribution in [0.5, 0.6) is 0 Å². The lowest BCUT2D eigenvalue weighted by Gasteiger charge is -2.34. The van der Waals surface area contributed by atoms with Gasteiger partial charge < -0.3 is 15.8 Å². The summed E-state index contributed by atoms with van der Waals surface area (Å²) in [6.45, 7) is 2.49. The van der Waals surface area contributed by atoms with Gasteiger partial charge in [-0.15, -0.1) is 0 Å². The fourth-order valence-corrected chi connectivity index (χ4v) is 2.62. The Bertz CT molecular complexity index is 545. The molecule has 20 heavy (non-hydrogen) atoms. The van der Waals surface area contributed by atoms with Crippen molar-refractivity contribution >= 4 is 23.3 Å². The number of benzene rings is 1. The molecule has 1 heterocycles. The molecule has 0 spiro atoms. The lowest BCUT2D eigenvalue weighted by atomic mass is 9.99. The van der Waals surface area contributed by atoms with E-state index in [-0.39, 0.29) is 17.8 Å². The molecule has 3 N–H and O–H groups in total. The summed E-state index contributed by atoms with van der Waals surface area (Å²) in [4.78, 5) is 14.2. The van der Waals surface area contributed by atoms with Gasteiger partial charge in [0.1, 0.15) is 0 Å². The van der Waals surface area contributed by atoms with Crippen LogP contribution in [0.2, 0.25) is 5.02 Å². The van der Waals surface area contributed by atoms with Gasteiger partial charge in [0.15, 0.2) is 5.84 Å². The van der Waals surface area contributed by atoms with Gasteiger partial charge in [-0.2, -0.15) is 0 Å². The third-order valence-corrected chi connectivity index (χ3v) is 4.05. The lowest BCUT2D eigenvalue weighted by Crippen LogP contribution is -2.50. The van der Waals surface area contributed by atoms with E-state index in [1.807, 2.05) is 13.0 Å². The van der Waals surface area contributed by atoms with Crippen molar-refractivity contribution in [2.24, 2.45) is 10.9 Å². The number of hydrogen-bond donors (Lipinski definition) is 2. The average molecular weight is 296 g/mol. The van der Waals surface area contributed by atoms with E-state index in [1.54, 1.807) is 17.0 Å². The molecule has 2 rings (SSSR count). The zero-order valence-corrected chi connectivity index (χ0v) is 12.1. The Morgan fingerprint density at radius 2 is 2.25 bits per heavy atom. The molecule has 0 bridgehead atoms. The van der Waals surface area contributed by atoms with E-state index in [0.29, 0.717) is 23.6 Å². The van der Waals surface area contributed by atoms with Gasteiger partial charge in [0.2, 0.25) is 0 Å². The van der Waals surface area contributed by atoms with Crippen molar-refractivity contribution in [3.8, 4) is 0 Å². The molecule has 1 unspecified atom stereocenters. The van der Waals surface area contributed by atoms with Gasteiger partial charge in [-0.05, 0) is 43.9 Å². The molecule has 6 heteroatoms. The monoisotopic (exact) mass is 295 g/mol. The van der Waals surface area contributed by atoms with Gasteiger partial charge in [0, 0.05) is 17.1 Å². The van der Waals surface area contributed by atoms with Crippen LogP contribution in [0.3, 0.4) is 0 Å². The predicted octanol–water partition coefficient (Wildman–Crippen LogP) is 2.39. The molecule has 1 aromatic carbocycles. The molecule has 0 aromatic heterocycles. The number of carbonyl (C=O) groups is 1. The number of aryl methyl sites for hydroxylation is 1. The molecule has 0 radical (unpaired) electrons. The molecule has 1 aliphatic heterocycles. The quantitative estimate of drug-likeness (QED) is 0.380. The van der Waals surface area contributed by atoms with E-state index >= 15 is 0 Å². The Kier molecular flexibility index (Phi) is 4.49. The van der Waals surface area contributed by atoms with E-state index in [1.165, 1.54) is 0 Å². The molecule has 0 saturated carbocycles. The third kappa shape index (κ3) is 2.88. The molecule has 1 saturated heterocycles. The van der Waals surface area contributed by atoms with Crippen molar-refractivity contribution in [3.05, 3.63) is 34.3 Å². The van der Waals surface area contributed by atoms with Crippen molar-refractivity contribution in [2.75, 3.05) is 6.54 Å². The second-order valence-electron chi connectivity index (χ2n) is 5.00. The summed E-state index contributed by atoms with van der Waals surface area (Å²) in [7, 11) is 0. The van der Waals surface area contributed by atoms with Crippen molar-refractivity contribution in [1.29, 1.82) is 0 Å². The van der Waals surface area contributed by atoms with Crippen LogP contribution >= 0.6 is 11.6 Å². The third-order valence-electron chi connectivity index (χ3n) is 3.64. The lowest BCUT2D eigenvalue weighted by molar-refractivity contribution is 0.0676. The van der Waals surface area contributed by atoms with Crippen LogP contribution in [0.4, 0.5) is 0 Å². The van der Waals surface area contributed by atoms with E-state index in [0.717, 1.165) is 18.4 Å². The highest BCUT2D eigenvalue weighted by atomic mass is 35.5. The van der Waals surface area contributed by atoms with Crippen LogP contribution in [-0.2, 0) is 0 Å². The Balaban J connectivity index is 2.27. The second kappa shape index (κ2) is 6.13. The Morgan fingerprint density at radius 3 is 2.90 bits per heavy atom. The second-order valence-corrected chi connectivity index (χ2v) is 5.41. The number of piperidine rings is 1. The summed E-state index contributed by atoms with van der Waals surface area (Å²) in [6, 6.07) is 4.89. The first kappa shape index (κ1) is 14.7. The number of amides is 1. The van der Waals surface area contributed by atoms with E-state index in [4.69, 9.17) is 22.5 Å². The minimum Gasteiger partial charge on any atom is -0.409 e. The summed E-state index contributed by atoms with van der Waals surface area (Å²) in [5, 5.41) is 12.4. The largest absolute Gasteiger partial charge is 0.409 e. The van der Waals surface area contributed by atoms with E-state index in [2.05, 4.69) is 5.16 Å². The molecule has 1 amide bonds. The number of amidine groups is 1. The number of rotatable bonds is 2. The number of nitrogens with zero attached hydrogens (tertiary/aromatic N) is 2. The maximum absolute atomic E-state index is 12.6. The number of oxime groups is 1. The smallest absolute Gasteiger partial charge is 0.254 e. The van der Waals surface area contributed by atoms with Crippen LogP contribution in [0.15, 0.2) is 23.4 Å². The zero-order chi connectivity index (χ0) is 14.7. The van der Waals surface area contributed by atoms with Crippen molar-refractivity contribution < 1.29 is 10.0 Å². The molecule has 1 fully saturated rings. The Morgan fingerprint density at radius 1 is 1.50 bits per heavy atom. The molecule has 1 aliphatic rings. The summed E-state index contributed by atoms with van der Waals surface area (Å²) in [5.74, 6) is -0.0561. The maximum atomic E-state index is 12.6. The summed E-state index contributed by atoms with van der Waals surface area (Å²) in [6.07, 6.45) is 2.58. The fourth-order valence-electron chi connectivity index (χ4n) is 2.44. The average Bonchev–Trinajstić information content (AvgIpc) is 2.48. The summed E-state index contributed by atoms with van der Waals surface area (Å²) < 4.78 is 0. The van der Waals surface area contributed by atoms with Crippen LogP contribution in [0.25, 0.3) is 0 Å². The molecule has 1 atom stereocenters. The molecule has 0 aliphatic carbocycles. The van der Waals surface area contributed by atoms with E-state index in [9.17, 15) is 4.79 Å². The van der Waals surface area contributed by atoms with Crippen molar-refractivity contribution in [2.45, 2.75) is 32.2 Å². The minimum atomic E-state index is -0.346. The topological polar surface area (TPSA) is 78.9 Å². The van der Waals surface area contributed by atoms with Crippen LogP contribution in [-0.4, -0.2) is 34.4 Å². The Hall–Kier alpha value is -1.75. The van der Waals surface area contributed by atoms with Crippen molar-refractivity contribution in [1.82, 2.24) is 4.90 Å². The van der Waals surface area contributed by atoms with Gasteiger partial charge >= 0.3 is 0 Å². The van der Waals surface area contributed by atoms with Crippen LogP contribution < -0.4 is 5.73 Å². The summed E-state index contributed by atoms with van der Waals surface area (Å²) in [5.41, 5.74) is 7.14. The highest BCUT2D eigenvalue weighted by molar-refractivity contribution is 6.31. The number of likely N-dealkylation sites (tertiary alicyclic amines) is 1. The predicted molar refractivity (Wildman–Crippen MR) is 78.3 cm³/mol. The molecule has 108 valence electrons. The van der Waals surface area contributed by atoms with Gasteiger partial charge in [0.25, 0.3) is 5.91 Å². The van der Waals surface area contributed by atoms with Crippen LogP contribution in [0.1, 0.15) is 35.2 Å².